The first kappa shape index (κ1) is 15.6. The molecular formula is C15H13ClF3NO. The van der Waals surface area contributed by atoms with Gasteiger partial charge in [-0.1, -0.05) is 23.7 Å². The summed E-state index contributed by atoms with van der Waals surface area (Å²) in [4.78, 5) is 3.92. The Hall–Kier alpha value is -1.75. The molecule has 2 nitrogen and oxygen atoms in total. The average molecular weight is 316 g/mol. The quantitative estimate of drug-likeness (QED) is 0.726. The standard InChI is InChI=1S/C15H13ClF3NO/c1-9-13(7-8-20-14(9)16)21-10(2)11-3-5-12(6-4-11)15(17,18)19/h3-8,10H,1-2H3. The van der Waals surface area contributed by atoms with E-state index >= 15 is 0 Å². The van der Waals surface area contributed by atoms with Crippen molar-refractivity contribution in [3.63, 3.8) is 0 Å². The molecule has 0 aliphatic carbocycles. The molecule has 0 N–H and O–H groups in total. The maximum Gasteiger partial charge on any atom is 0.416 e. The van der Waals surface area contributed by atoms with Crippen LogP contribution in [-0.2, 0) is 6.18 Å². The number of alkyl halides is 3. The van der Waals surface area contributed by atoms with E-state index in [0.717, 1.165) is 12.1 Å². The van der Waals surface area contributed by atoms with Crippen molar-refractivity contribution in [2.45, 2.75) is 26.1 Å². The van der Waals surface area contributed by atoms with E-state index in [4.69, 9.17) is 16.3 Å². The summed E-state index contributed by atoms with van der Waals surface area (Å²) in [5.41, 5.74) is 0.662. The summed E-state index contributed by atoms with van der Waals surface area (Å²) >= 11 is 5.90. The molecule has 0 saturated heterocycles. The van der Waals surface area contributed by atoms with Crippen LogP contribution in [-0.4, -0.2) is 4.98 Å². The molecule has 1 aromatic carbocycles. The first-order valence-corrected chi connectivity index (χ1v) is 6.61. The maximum absolute atomic E-state index is 12.5. The number of hydrogen-bond acceptors (Lipinski definition) is 2. The second kappa shape index (κ2) is 5.93. The highest BCUT2D eigenvalue weighted by Crippen LogP contribution is 2.31. The number of rotatable bonds is 3. The predicted molar refractivity (Wildman–Crippen MR) is 74.5 cm³/mol. The molecular weight excluding hydrogens is 303 g/mol. The van der Waals surface area contributed by atoms with Gasteiger partial charge in [-0.3, -0.25) is 0 Å². The van der Waals surface area contributed by atoms with E-state index in [0.29, 0.717) is 22.0 Å². The molecule has 21 heavy (non-hydrogen) atoms. The molecule has 0 amide bonds. The van der Waals surface area contributed by atoms with E-state index in [1.54, 1.807) is 19.9 Å². The summed E-state index contributed by atoms with van der Waals surface area (Å²) in [5.74, 6) is 0.558. The van der Waals surface area contributed by atoms with Crippen molar-refractivity contribution in [1.82, 2.24) is 4.98 Å². The summed E-state index contributed by atoms with van der Waals surface area (Å²) in [5, 5.41) is 0.340. The highest BCUT2D eigenvalue weighted by atomic mass is 35.5. The zero-order valence-corrected chi connectivity index (χ0v) is 12.2. The molecule has 0 fully saturated rings. The minimum Gasteiger partial charge on any atom is -0.486 e. The molecule has 0 bridgehead atoms. The van der Waals surface area contributed by atoms with Crippen LogP contribution in [0, 0.1) is 6.92 Å². The van der Waals surface area contributed by atoms with Crippen molar-refractivity contribution < 1.29 is 17.9 Å². The summed E-state index contributed by atoms with van der Waals surface area (Å²) < 4.78 is 43.3. The summed E-state index contributed by atoms with van der Waals surface area (Å²) in [6.07, 6.45) is -3.22. The molecule has 0 saturated carbocycles. The molecule has 2 aromatic rings. The van der Waals surface area contributed by atoms with E-state index in [1.807, 2.05) is 0 Å². The van der Waals surface area contributed by atoms with Crippen molar-refractivity contribution in [1.29, 1.82) is 0 Å². The predicted octanol–water partition coefficient (Wildman–Crippen LogP) is 5.20. The fourth-order valence-corrected chi connectivity index (χ4v) is 1.97. The number of ether oxygens (including phenoxy) is 1. The van der Waals surface area contributed by atoms with Crippen LogP contribution >= 0.6 is 11.6 Å². The van der Waals surface area contributed by atoms with Crippen molar-refractivity contribution in [2.75, 3.05) is 0 Å². The van der Waals surface area contributed by atoms with Gasteiger partial charge in [-0.15, -0.1) is 0 Å². The van der Waals surface area contributed by atoms with E-state index < -0.39 is 17.8 Å². The summed E-state index contributed by atoms with van der Waals surface area (Å²) in [7, 11) is 0. The zero-order chi connectivity index (χ0) is 15.6. The normalized spacial score (nSPS) is 13.0. The number of aromatic nitrogens is 1. The monoisotopic (exact) mass is 315 g/mol. The maximum atomic E-state index is 12.5. The Kier molecular flexibility index (Phi) is 4.42. The van der Waals surface area contributed by atoms with Crippen molar-refractivity contribution in [2.24, 2.45) is 0 Å². The third kappa shape index (κ3) is 3.67. The Morgan fingerprint density at radius 2 is 1.76 bits per heavy atom. The molecule has 1 aromatic heterocycles. The molecule has 2 rings (SSSR count). The fraction of sp³-hybridized carbons (Fsp3) is 0.267. The lowest BCUT2D eigenvalue weighted by molar-refractivity contribution is -0.137. The van der Waals surface area contributed by atoms with Gasteiger partial charge in [-0.2, -0.15) is 13.2 Å². The zero-order valence-electron chi connectivity index (χ0n) is 11.4. The lowest BCUT2D eigenvalue weighted by Crippen LogP contribution is -2.07. The molecule has 112 valence electrons. The van der Waals surface area contributed by atoms with Gasteiger partial charge >= 0.3 is 6.18 Å². The SMILES string of the molecule is Cc1c(OC(C)c2ccc(C(F)(F)F)cc2)ccnc1Cl. The van der Waals surface area contributed by atoms with Crippen molar-refractivity contribution >= 4 is 11.6 Å². The van der Waals surface area contributed by atoms with E-state index in [2.05, 4.69) is 4.98 Å². The van der Waals surface area contributed by atoms with Gasteiger partial charge in [0.25, 0.3) is 0 Å². The minimum atomic E-state index is -4.34. The van der Waals surface area contributed by atoms with Gasteiger partial charge in [-0.05, 0) is 37.6 Å². The van der Waals surface area contributed by atoms with Crippen LogP contribution in [0.15, 0.2) is 36.5 Å². The Morgan fingerprint density at radius 3 is 2.33 bits per heavy atom. The van der Waals surface area contributed by atoms with Crippen molar-refractivity contribution in [3.8, 4) is 5.75 Å². The molecule has 0 radical (unpaired) electrons. The second-order valence-electron chi connectivity index (χ2n) is 4.60. The molecule has 0 aliphatic rings. The number of halogens is 4. The average Bonchev–Trinajstić information content (AvgIpc) is 2.43. The van der Waals surface area contributed by atoms with Crippen LogP contribution in [0.3, 0.4) is 0 Å². The van der Waals surface area contributed by atoms with Crippen LogP contribution < -0.4 is 4.74 Å². The Morgan fingerprint density at radius 1 is 1.14 bits per heavy atom. The number of hydrogen-bond donors (Lipinski definition) is 0. The van der Waals surface area contributed by atoms with Crippen LogP contribution in [0.1, 0.15) is 29.7 Å². The smallest absolute Gasteiger partial charge is 0.416 e. The molecule has 0 spiro atoms. The van der Waals surface area contributed by atoms with E-state index in [-0.39, 0.29) is 0 Å². The lowest BCUT2D eigenvalue weighted by atomic mass is 10.1. The lowest BCUT2D eigenvalue weighted by Gasteiger charge is -2.17. The van der Waals surface area contributed by atoms with Crippen LogP contribution in [0.5, 0.6) is 5.75 Å². The van der Waals surface area contributed by atoms with E-state index in [1.165, 1.54) is 18.3 Å². The van der Waals surface area contributed by atoms with Gasteiger partial charge in [0.1, 0.15) is 17.0 Å². The van der Waals surface area contributed by atoms with Gasteiger partial charge in [-0.25, -0.2) is 4.98 Å². The second-order valence-corrected chi connectivity index (χ2v) is 4.96. The molecule has 1 atom stereocenters. The van der Waals surface area contributed by atoms with Crippen LogP contribution in [0.4, 0.5) is 13.2 Å². The summed E-state index contributed by atoms with van der Waals surface area (Å²) in [6, 6.07) is 6.57. The minimum absolute atomic E-state index is 0.340. The van der Waals surface area contributed by atoms with Gasteiger partial charge in [0.15, 0.2) is 0 Å². The third-order valence-corrected chi connectivity index (χ3v) is 3.49. The number of benzene rings is 1. The Labute approximate surface area is 125 Å². The van der Waals surface area contributed by atoms with Crippen LogP contribution in [0.25, 0.3) is 0 Å². The molecule has 1 unspecified atom stereocenters. The first-order chi connectivity index (χ1) is 9.79. The summed E-state index contributed by atoms with van der Waals surface area (Å²) in [6.45, 7) is 3.53. The highest BCUT2D eigenvalue weighted by molar-refractivity contribution is 6.30. The van der Waals surface area contributed by atoms with Crippen molar-refractivity contribution in [3.05, 3.63) is 58.4 Å². The first-order valence-electron chi connectivity index (χ1n) is 6.24. The third-order valence-electron chi connectivity index (χ3n) is 3.10. The Balaban J connectivity index is 2.17. The fourth-order valence-electron chi connectivity index (χ4n) is 1.82. The largest absolute Gasteiger partial charge is 0.486 e. The number of pyridine rings is 1. The highest BCUT2D eigenvalue weighted by Gasteiger charge is 2.30. The topological polar surface area (TPSA) is 22.1 Å². The van der Waals surface area contributed by atoms with Gasteiger partial charge in [0.05, 0.1) is 5.56 Å². The van der Waals surface area contributed by atoms with Crippen LogP contribution in [0.2, 0.25) is 5.15 Å². The molecule has 1 heterocycles. The number of nitrogens with zero attached hydrogens (tertiary/aromatic N) is 1. The van der Waals surface area contributed by atoms with Gasteiger partial charge in [0, 0.05) is 11.8 Å². The molecule has 6 heteroatoms. The van der Waals surface area contributed by atoms with Gasteiger partial charge in [0.2, 0.25) is 0 Å². The Bertz CT molecular complexity index is 626. The molecule has 0 aliphatic heterocycles. The van der Waals surface area contributed by atoms with Gasteiger partial charge < -0.3 is 4.74 Å². The van der Waals surface area contributed by atoms with E-state index in [9.17, 15) is 13.2 Å².